The summed E-state index contributed by atoms with van der Waals surface area (Å²) in [4.78, 5) is 14.2. The highest BCUT2D eigenvalue weighted by molar-refractivity contribution is 7.88. The molecular weight excluding hydrogens is 368 g/mol. The average Bonchev–Trinajstić information content (AvgIpc) is 2.66. The summed E-state index contributed by atoms with van der Waals surface area (Å²) in [6.07, 6.45) is 1.04. The van der Waals surface area contributed by atoms with Crippen LogP contribution in [-0.4, -0.2) is 41.8 Å². The highest BCUT2D eigenvalue weighted by atomic mass is 32.2. The van der Waals surface area contributed by atoms with Crippen LogP contribution in [0.2, 0.25) is 0 Å². The van der Waals surface area contributed by atoms with Crippen LogP contribution in [0.4, 0.5) is 5.69 Å². The standard InChI is InChI=1S/C19H24N2O5S/c1-21(15-7-11-17(26-3)12-8-15)19(22)13-18(20-27(4,23)24)14-5-9-16(25-2)10-6-14/h5-12,18,20H,13H2,1-4H3/t18-/m1/s1. The summed E-state index contributed by atoms with van der Waals surface area (Å²) in [7, 11) is 1.27. The summed E-state index contributed by atoms with van der Waals surface area (Å²) in [5, 5.41) is 0. The fourth-order valence-corrected chi connectivity index (χ4v) is 3.32. The molecule has 0 heterocycles. The Morgan fingerprint density at radius 2 is 1.48 bits per heavy atom. The molecule has 0 radical (unpaired) electrons. The first-order valence-corrected chi connectivity index (χ1v) is 10.1. The Hall–Kier alpha value is -2.58. The van der Waals surface area contributed by atoms with Gasteiger partial charge in [0.05, 0.1) is 26.5 Å². The average molecular weight is 392 g/mol. The maximum Gasteiger partial charge on any atom is 0.228 e. The third-order valence-electron chi connectivity index (χ3n) is 4.09. The molecule has 2 rings (SSSR count). The van der Waals surface area contributed by atoms with E-state index in [0.29, 0.717) is 22.7 Å². The molecule has 1 atom stereocenters. The molecule has 2 aromatic rings. The number of carbonyl (C=O) groups is 1. The van der Waals surface area contributed by atoms with E-state index in [1.165, 1.54) is 4.90 Å². The molecule has 1 N–H and O–H groups in total. The van der Waals surface area contributed by atoms with Crippen LogP contribution in [0.3, 0.4) is 0 Å². The van der Waals surface area contributed by atoms with E-state index in [9.17, 15) is 13.2 Å². The Bertz CT molecular complexity index is 864. The van der Waals surface area contributed by atoms with Gasteiger partial charge in [0, 0.05) is 19.2 Å². The SMILES string of the molecule is COc1ccc([C@@H](CC(=O)N(C)c2ccc(OC)cc2)NS(C)(=O)=O)cc1. The van der Waals surface area contributed by atoms with Crippen LogP contribution >= 0.6 is 0 Å². The third kappa shape index (κ3) is 5.97. The number of ether oxygens (including phenoxy) is 2. The maximum atomic E-state index is 12.7. The third-order valence-corrected chi connectivity index (χ3v) is 4.80. The van der Waals surface area contributed by atoms with E-state index in [-0.39, 0.29) is 12.3 Å². The summed E-state index contributed by atoms with van der Waals surface area (Å²) in [6, 6.07) is 13.3. The number of nitrogens with zero attached hydrogens (tertiary/aromatic N) is 1. The Morgan fingerprint density at radius 1 is 1.00 bits per heavy atom. The van der Waals surface area contributed by atoms with Gasteiger partial charge in [-0.05, 0) is 42.0 Å². The Kier molecular flexibility index (Phi) is 6.81. The number of carbonyl (C=O) groups excluding carboxylic acids is 1. The molecule has 0 spiro atoms. The van der Waals surface area contributed by atoms with Crippen molar-refractivity contribution in [2.24, 2.45) is 0 Å². The lowest BCUT2D eigenvalue weighted by molar-refractivity contribution is -0.118. The molecule has 0 saturated carbocycles. The minimum atomic E-state index is -3.50. The lowest BCUT2D eigenvalue weighted by Gasteiger charge is -2.22. The molecule has 0 aromatic heterocycles. The maximum absolute atomic E-state index is 12.7. The van der Waals surface area contributed by atoms with Gasteiger partial charge in [-0.2, -0.15) is 0 Å². The molecular formula is C19H24N2O5S. The topological polar surface area (TPSA) is 84.9 Å². The first-order valence-electron chi connectivity index (χ1n) is 8.25. The molecule has 146 valence electrons. The van der Waals surface area contributed by atoms with Gasteiger partial charge in [0.25, 0.3) is 0 Å². The minimum absolute atomic E-state index is 0.0259. The van der Waals surface area contributed by atoms with Gasteiger partial charge in [-0.25, -0.2) is 13.1 Å². The second kappa shape index (κ2) is 8.88. The van der Waals surface area contributed by atoms with Gasteiger partial charge in [0.1, 0.15) is 11.5 Å². The number of methoxy groups -OCH3 is 2. The number of hydrogen-bond donors (Lipinski definition) is 1. The van der Waals surface area contributed by atoms with Gasteiger partial charge in [-0.1, -0.05) is 12.1 Å². The molecule has 27 heavy (non-hydrogen) atoms. The van der Waals surface area contributed by atoms with Crippen molar-refractivity contribution in [1.82, 2.24) is 4.72 Å². The summed E-state index contributed by atoms with van der Waals surface area (Å²) < 4.78 is 36.3. The number of benzene rings is 2. The molecule has 1 amide bonds. The summed E-state index contributed by atoms with van der Waals surface area (Å²) >= 11 is 0. The summed E-state index contributed by atoms with van der Waals surface area (Å²) in [5.74, 6) is 1.12. The van der Waals surface area contributed by atoms with Crippen molar-refractivity contribution < 1.29 is 22.7 Å². The predicted octanol–water partition coefficient (Wildman–Crippen LogP) is 2.35. The summed E-state index contributed by atoms with van der Waals surface area (Å²) in [5.41, 5.74) is 1.37. The number of nitrogens with one attached hydrogen (secondary N) is 1. The van der Waals surface area contributed by atoms with Gasteiger partial charge in [-0.15, -0.1) is 0 Å². The second-order valence-corrected chi connectivity index (χ2v) is 7.85. The zero-order chi connectivity index (χ0) is 20.0. The van der Waals surface area contributed by atoms with Crippen LogP contribution in [0.5, 0.6) is 11.5 Å². The second-order valence-electron chi connectivity index (χ2n) is 6.07. The lowest BCUT2D eigenvalue weighted by atomic mass is 10.0. The smallest absolute Gasteiger partial charge is 0.228 e. The number of anilines is 1. The monoisotopic (exact) mass is 392 g/mol. The van der Waals surface area contributed by atoms with E-state index in [2.05, 4.69) is 4.72 Å². The van der Waals surface area contributed by atoms with E-state index < -0.39 is 16.1 Å². The van der Waals surface area contributed by atoms with Crippen LogP contribution in [0.25, 0.3) is 0 Å². The molecule has 2 aromatic carbocycles. The zero-order valence-electron chi connectivity index (χ0n) is 15.8. The van der Waals surface area contributed by atoms with Crippen molar-refractivity contribution in [3.05, 3.63) is 54.1 Å². The largest absolute Gasteiger partial charge is 0.497 e. The Morgan fingerprint density at radius 3 is 1.93 bits per heavy atom. The molecule has 0 aliphatic rings. The number of hydrogen-bond acceptors (Lipinski definition) is 5. The van der Waals surface area contributed by atoms with E-state index in [0.717, 1.165) is 6.26 Å². The summed E-state index contributed by atoms with van der Waals surface area (Å²) in [6.45, 7) is 0. The fourth-order valence-electron chi connectivity index (χ4n) is 2.58. The minimum Gasteiger partial charge on any atom is -0.497 e. The fraction of sp³-hybridized carbons (Fsp3) is 0.316. The van der Waals surface area contributed by atoms with Gasteiger partial charge in [0.15, 0.2) is 0 Å². The van der Waals surface area contributed by atoms with Crippen LogP contribution in [0.1, 0.15) is 18.0 Å². The number of sulfonamides is 1. The highest BCUT2D eigenvalue weighted by Crippen LogP contribution is 2.24. The first kappa shape index (κ1) is 20.7. The van der Waals surface area contributed by atoms with Crippen molar-refractivity contribution >= 4 is 21.6 Å². The molecule has 0 aliphatic heterocycles. The molecule has 0 aliphatic carbocycles. The molecule has 0 fully saturated rings. The van der Waals surface area contributed by atoms with E-state index in [1.54, 1.807) is 69.8 Å². The Labute approximate surface area is 160 Å². The van der Waals surface area contributed by atoms with Crippen LogP contribution < -0.4 is 19.1 Å². The molecule has 7 nitrogen and oxygen atoms in total. The highest BCUT2D eigenvalue weighted by Gasteiger charge is 2.22. The first-order chi connectivity index (χ1) is 12.7. The van der Waals surface area contributed by atoms with Gasteiger partial charge in [0.2, 0.25) is 15.9 Å². The van der Waals surface area contributed by atoms with Crippen LogP contribution in [0.15, 0.2) is 48.5 Å². The van der Waals surface area contributed by atoms with Crippen LogP contribution in [0, 0.1) is 0 Å². The van der Waals surface area contributed by atoms with Crippen molar-refractivity contribution in [2.75, 3.05) is 32.4 Å². The quantitative estimate of drug-likeness (QED) is 0.745. The van der Waals surface area contributed by atoms with Crippen LogP contribution in [-0.2, 0) is 14.8 Å². The van der Waals surface area contributed by atoms with Crippen molar-refractivity contribution in [3.63, 3.8) is 0 Å². The zero-order valence-corrected chi connectivity index (χ0v) is 16.6. The number of rotatable bonds is 8. The van der Waals surface area contributed by atoms with E-state index >= 15 is 0 Å². The van der Waals surface area contributed by atoms with Crippen molar-refractivity contribution in [1.29, 1.82) is 0 Å². The molecule has 8 heteroatoms. The normalized spacial score (nSPS) is 12.3. The Balaban J connectivity index is 2.20. The molecule has 0 bridgehead atoms. The predicted molar refractivity (Wildman–Crippen MR) is 105 cm³/mol. The molecule has 0 unspecified atom stereocenters. The lowest BCUT2D eigenvalue weighted by Crippen LogP contribution is -2.34. The van der Waals surface area contributed by atoms with Gasteiger partial charge >= 0.3 is 0 Å². The van der Waals surface area contributed by atoms with Gasteiger partial charge < -0.3 is 14.4 Å². The molecule has 0 saturated heterocycles. The van der Waals surface area contributed by atoms with Crippen molar-refractivity contribution in [3.8, 4) is 11.5 Å². The van der Waals surface area contributed by atoms with E-state index in [1.807, 2.05) is 0 Å². The van der Waals surface area contributed by atoms with Gasteiger partial charge in [-0.3, -0.25) is 4.79 Å². The van der Waals surface area contributed by atoms with Crippen molar-refractivity contribution in [2.45, 2.75) is 12.5 Å². The number of amides is 1. The van der Waals surface area contributed by atoms with E-state index in [4.69, 9.17) is 9.47 Å².